The SMILES string of the molecule is CC(C)C(CN)c1nc2cc(Cl)c(Cl)cc2[nH]1. The second kappa shape index (κ2) is 4.84. The Kier molecular flexibility index (Phi) is 3.61. The number of nitrogens with two attached hydrogens (primary N) is 1. The van der Waals surface area contributed by atoms with Crippen LogP contribution in [0.4, 0.5) is 0 Å². The summed E-state index contributed by atoms with van der Waals surface area (Å²) in [7, 11) is 0. The normalized spacial score (nSPS) is 13.5. The van der Waals surface area contributed by atoms with Gasteiger partial charge in [0.05, 0.1) is 21.1 Å². The molecule has 2 aromatic rings. The topological polar surface area (TPSA) is 54.7 Å². The maximum absolute atomic E-state index is 5.97. The number of nitrogens with one attached hydrogen (secondary N) is 1. The molecule has 0 saturated carbocycles. The Balaban J connectivity index is 2.50. The molecule has 0 radical (unpaired) electrons. The van der Waals surface area contributed by atoms with Crippen LogP contribution in [0.1, 0.15) is 25.6 Å². The minimum atomic E-state index is 0.222. The van der Waals surface area contributed by atoms with Crippen LogP contribution in [0.2, 0.25) is 10.0 Å². The van der Waals surface area contributed by atoms with E-state index in [1.165, 1.54) is 0 Å². The first-order valence-electron chi connectivity index (χ1n) is 5.57. The van der Waals surface area contributed by atoms with Gasteiger partial charge in [0.2, 0.25) is 0 Å². The van der Waals surface area contributed by atoms with Crippen LogP contribution < -0.4 is 5.73 Å². The Bertz CT molecular complexity index is 495. The summed E-state index contributed by atoms with van der Waals surface area (Å²) in [6.45, 7) is 4.83. The average molecular weight is 272 g/mol. The molecule has 5 heteroatoms. The van der Waals surface area contributed by atoms with Gasteiger partial charge in [0, 0.05) is 12.5 Å². The predicted octanol–water partition coefficient (Wildman–Crippen LogP) is 3.57. The second-order valence-corrected chi connectivity index (χ2v) is 5.31. The summed E-state index contributed by atoms with van der Waals surface area (Å²) in [5.74, 6) is 1.56. The fourth-order valence-electron chi connectivity index (χ4n) is 1.90. The van der Waals surface area contributed by atoms with Crippen LogP contribution in [0, 0.1) is 5.92 Å². The fraction of sp³-hybridized carbons (Fsp3) is 0.417. The molecule has 2 rings (SSSR count). The molecule has 1 atom stereocenters. The summed E-state index contributed by atoms with van der Waals surface area (Å²) in [5, 5.41) is 1.05. The quantitative estimate of drug-likeness (QED) is 0.897. The van der Waals surface area contributed by atoms with Crippen LogP contribution in [-0.2, 0) is 0 Å². The maximum atomic E-state index is 5.97. The van der Waals surface area contributed by atoms with E-state index in [1.54, 1.807) is 12.1 Å². The molecule has 1 heterocycles. The minimum Gasteiger partial charge on any atom is -0.342 e. The van der Waals surface area contributed by atoms with E-state index in [9.17, 15) is 0 Å². The van der Waals surface area contributed by atoms with E-state index < -0.39 is 0 Å². The van der Waals surface area contributed by atoms with Gasteiger partial charge >= 0.3 is 0 Å². The Labute approximate surface area is 110 Å². The number of imidazole rings is 1. The summed E-state index contributed by atoms with van der Waals surface area (Å²) >= 11 is 11.9. The number of hydrogen-bond donors (Lipinski definition) is 2. The first kappa shape index (κ1) is 12.7. The Morgan fingerprint density at radius 2 is 1.94 bits per heavy atom. The second-order valence-electron chi connectivity index (χ2n) is 4.49. The number of H-pyrrole nitrogens is 1. The van der Waals surface area contributed by atoms with Gasteiger partial charge in [-0.3, -0.25) is 0 Å². The number of halogens is 2. The number of fused-ring (bicyclic) bond motifs is 1. The number of benzene rings is 1. The van der Waals surface area contributed by atoms with Crippen molar-refractivity contribution in [2.45, 2.75) is 19.8 Å². The summed E-state index contributed by atoms with van der Waals surface area (Å²) in [4.78, 5) is 7.79. The van der Waals surface area contributed by atoms with E-state index >= 15 is 0 Å². The fourth-order valence-corrected chi connectivity index (χ4v) is 2.22. The summed E-state index contributed by atoms with van der Waals surface area (Å²) in [6, 6.07) is 3.57. The molecule has 0 saturated heterocycles. The highest BCUT2D eigenvalue weighted by atomic mass is 35.5. The van der Waals surface area contributed by atoms with Gasteiger partial charge in [-0.25, -0.2) is 4.98 Å². The van der Waals surface area contributed by atoms with Crippen LogP contribution in [0.15, 0.2) is 12.1 Å². The molecule has 0 aliphatic heterocycles. The van der Waals surface area contributed by atoms with E-state index in [-0.39, 0.29) is 5.92 Å². The highest BCUT2D eigenvalue weighted by Gasteiger charge is 2.18. The largest absolute Gasteiger partial charge is 0.342 e. The highest BCUT2D eigenvalue weighted by molar-refractivity contribution is 6.42. The standard InChI is InChI=1S/C12H15Cl2N3/c1-6(2)7(5-15)12-16-10-3-8(13)9(14)4-11(10)17-12/h3-4,6-7H,5,15H2,1-2H3,(H,16,17). The molecule has 1 aromatic heterocycles. The molecule has 0 aliphatic rings. The smallest absolute Gasteiger partial charge is 0.111 e. The van der Waals surface area contributed by atoms with Crippen molar-refractivity contribution in [3.8, 4) is 0 Å². The van der Waals surface area contributed by atoms with E-state index in [2.05, 4.69) is 23.8 Å². The number of nitrogens with zero attached hydrogens (tertiary/aromatic N) is 1. The lowest BCUT2D eigenvalue weighted by molar-refractivity contribution is 0.488. The lowest BCUT2D eigenvalue weighted by atomic mass is 9.95. The zero-order valence-corrected chi connectivity index (χ0v) is 11.3. The Morgan fingerprint density at radius 3 is 2.53 bits per heavy atom. The molecule has 0 aliphatic carbocycles. The van der Waals surface area contributed by atoms with Gasteiger partial charge in [0.1, 0.15) is 5.82 Å². The van der Waals surface area contributed by atoms with Gasteiger partial charge in [-0.1, -0.05) is 37.0 Å². The first-order chi connectivity index (χ1) is 8.02. The van der Waals surface area contributed by atoms with Crippen molar-refractivity contribution in [1.82, 2.24) is 9.97 Å². The zero-order chi connectivity index (χ0) is 12.6. The van der Waals surface area contributed by atoms with Crippen molar-refractivity contribution < 1.29 is 0 Å². The van der Waals surface area contributed by atoms with Crippen molar-refractivity contribution in [2.75, 3.05) is 6.54 Å². The zero-order valence-electron chi connectivity index (χ0n) is 9.80. The van der Waals surface area contributed by atoms with Crippen molar-refractivity contribution in [3.05, 3.63) is 28.0 Å². The number of hydrogen-bond acceptors (Lipinski definition) is 2. The van der Waals surface area contributed by atoms with Gasteiger partial charge in [0.25, 0.3) is 0 Å². The average Bonchev–Trinajstić information content (AvgIpc) is 2.61. The molecule has 17 heavy (non-hydrogen) atoms. The number of rotatable bonds is 3. The van der Waals surface area contributed by atoms with E-state index in [1.807, 2.05) is 0 Å². The third-order valence-corrected chi connectivity index (χ3v) is 3.67. The molecule has 0 spiro atoms. The number of aromatic nitrogens is 2. The third kappa shape index (κ3) is 2.41. The highest BCUT2D eigenvalue weighted by Crippen LogP contribution is 2.29. The molecule has 92 valence electrons. The van der Waals surface area contributed by atoms with Crippen LogP contribution in [0.25, 0.3) is 11.0 Å². The predicted molar refractivity (Wildman–Crippen MR) is 72.7 cm³/mol. The van der Waals surface area contributed by atoms with Crippen LogP contribution in [-0.4, -0.2) is 16.5 Å². The van der Waals surface area contributed by atoms with Gasteiger partial charge < -0.3 is 10.7 Å². The summed E-state index contributed by atoms with van der Waals surface area (Å²) in [5.41, 5.74) is 7.50. The molecule has 3 nitrogen and oxygen atoms in total. The Morgan fingerprint density at radius 1 is 1.29 bits per heavy atom. The van der Waals surface area contributed by atoms with Crippen molar-refractivity contribution >= 4 is 34.2 Å². The summed E-state index contributed by atoms with van der Waals surface area (Å²) < 4.78 is 0. The van der Waals surface area contributed by atoms with E-state index in [0.29, 0.717) is 22.5 Å². The molecule has 0 bridgehead atoms. The van der Waals surface area contributed by atoms with Crippen molar-refractivity contribution in [1.29, 1.82) is 0 Å². The van der Waals surface area contributed by atoms with Crippen LogP contribution >= 0.6 is 23.2 Å². The summed E-state index contributed by atoms with van der Waals surface area (Å²) in [6.07, 6.45) is 0. The molecule has 0 fully saturated rings. The Hall–Kier alpha value is -0.770. The van der Waals surface area contributed by atoms with Gasteiger partial charge in [-0.15, -0.1) is 0 Å². The monoisotopic (exact) mass is 271 g/mol. The van der Waals surface area contributed by atoms with Gasteiger partial charge in [-0.05, 0) is 18.1 Å². The molecule has 1 aromatic carbocycles. The minimum absolute atomic E-state index is 0.222. The van der Waals surface area contributed by atoms with Crippen molar-refractivity contribution in [3.63, 3.8) is 0 Å². The third-order valence-electron chi connectivity index (χ3n) is 2.95. The van der Waals surface area contributed by atoms with E-state index in [4.69, 9.17) is 28.9 Å². The van der Waals surface area contributed by atoms with E-state index in [0.717, 1.165) is 16.9 Å². The molecule has 3 N–H and O–H groups in total. The first-order valence-corrected chi connectivity index (χ1v) is 6.33. The lowest BCUT2D eigenvalue weighted by Gasteiger charge is -2.15. The maximum Gasteiger partial charge on any atom is 0.111 e. The molecular formula is C12H15Cl2N3. The van der Waals surface area contributed by atoms with Gasteiger partial charge in [0.15, 0.2) is 0 Å². The number of aromatic amines is 1. The van der Waals surface area contributed by atoms with Crippen LogP contribution in [0.3, 0.4) is 0 Å². The van der Waals surface area contributed by atoms with Crippen LogP contribution in [0.5, 0.6) is 0 Å². The molecule has 1 unspecified atom stereocenters. The van der Waals surface area contributed by atoms with Crippen molar-refractivity contribution in [2.24, 2.45) is 11.7 Å². The molecular weight excluding hydrogens is 257 g/mol. The van der Waals surface area contributed by atoms with Gasteiger partial charge in [-0.2, -0.15) is 0 Å². The lowest BCUT2D eigenvalue weighted by Crippen LogP contribution is -2.18. The molecule has 0 amide bonds.